The number of thiazole rings is 1. The highest BCUT2D eigenvalue weighted by Gasteiger charge is 2.10. The van der Waals surface area contributed by atoms with E-state index in [9.17, 15) is 0 Å². The molecule has 20 heavy (non-hydrogen) atoms. The third-order valence-electron chi connectivity index (χ3n) is 3.62. The van der Waals surface area contributed by atoms with Gasteiger partial charge in [0.15, 0.2) is 0 Å². The molecule has 2 aromatic carbocycles. The number of fused-ring (bicyclic) bond motifs is 2. The number of aromatic amines is 1. The van der Waals surface area contributed by atoms with Gasteiger partial charge < -0.3 is 4.98 Å². The lowest BCUT2D eigenvalue weighted by Gasteiger charge is -1.90. The molecule has 4 rings (SSSR count). The van der Waals surface area contributed by atoms with Crippen LogP contribution in [0.5, 0.6) is 0 Å². The van der Waals surface area contributed by atoms with Crippen molar-refractivity contribution in [1.82, 2.24) is 9.97 Å². The van der Waals surface area contributed by atoms with E-state index in [0.717, 1.165) is 16.2 Å². The Kier molecular flexibility index (Phi) is 2.44. The lowest BCUT2D eigenvalue weighted by molar-refractivity contribution is 1.39. The first kappa shape index (κ1) is 11.7. The summed E-state index contributed by atoms with van der Waals surface area (Å²) in [5.41, 5.74) is 5.93. The van der Waals surface area contributed by atoms with Gasteiger partial charge in [0.25, 0.3) is 0 Å². The molecule has 0 fully saturated rings. The molecule has 3 heteroatoms. The molecule has 0 aliphatic heterocycles. The van der Waals surface area contributed by atoms with Crippen LogP contribution in [0.3, 0.4) is 0 Å². The van der Waals surface area contributed by atoms with E-state index in [1.807, 2.05) is 0 Å². The first-order valence-corrected chi connectivity index (χ1v) is 7.48. The van der Waals surface area contributed by atoms with Crippen molar-refractivity contribution >= 4 is 32.5 Å². The van der Waals surface area contributed by atoms with Crippen molar-refractivity contribution in [2.75, 3.05) is 0 Å². The number of benzene rings is 2. The molecular formula is C17H14N2S. The zero-order chi connectivity index (χ0) is 13.7. The van der Waals surface area contributed by atoms with Gasteiger partial charge in [-0.2, -0.15) is 0 Å². The number of hydrogen-bond acceptors (Lipinski definition) is 2. The van der Waals surface area contributed by atoms with E-state index in [2.05, 4.69) is 61.3 Å². The molecule has 0 spiro atoms. The Morgan fingerprint density at radius 3 is 2.80 bits per heavy atom. The van der Waals surface area contributed by atoms with Crippen LogP contribution in [0.2, 0.25) is 0 Å². The Morgan fingerprint density at radius 1 is 1.05 bits per heavy atom. The molecular weight excluding hydrogens is 264 g/mol. The summed E-state index contributed by atoms with van der Waals surface area (Å²) in [6.45, 7) is 4.26. The number of aryl methyl sites for hydroxylation is 2. The Hall–Kier alpha value is -2.13. The normalized spacial score (nSPS) is 11.5. The third-order valence-corrected chi connectivity index (χ3v) is 4.86. The van der Waals surface area contributed by atoms with Crippen molar-refractivity contribution < 1.29 is 0 Å². The zero-order valence-corrected chi connectivity index (χ0v) is 12.2. The first-order valence-electron chi connectivity index (χ1n) is 6.66. The topological polar surface area (TPSA) is 28.7 Å². The van der Waals surface area contributed by atoms with Gasteiger partial charge >= 0.3 is 0 Å². The number of rotatable bonds is 1. The van der Waals surface area contributed by atoms with Gasteiger partial charge in [-0.05, 0) is 43.7 Å². The van der Waals surface area contributed by atoms with E-state index in [1.165, 1.54) is 26.7 Å². The Morgan fingerprint density at radius 2 is 1.95 bits per heavy atom. The van der Waals surface area contributed by atoms with Crippen LogP contribution in [0.1, 0.15) is 11.1 Å². The van der Waals surface area contributed by atoms with Crippen molar-refractivity contribution in [2.24, 2.45) is 0 Å². The van der Waals surface area contributed by atoms with E-state index in [0.29, 0.717) is 0 Å². The number of nitrogens with zero attached hydrogens (tertiary/aromatic N) is 1. The second kappa shape index (κ2) is 4.18. The highest BCUT2D eigenvalue weighted by molar-refractivity contribution is 7.21. The van der Waals surface area contributed by atoms with Crippen molar-refractivity contribution in [3.05, 3.63) is 53.6 Å². The molecule has 0 saturated heterocycles. The lowest BCUT2D eigenvalue weighted by Crippen LogP contribution is -1.74. The second-order valence-electron chi connectivity index (χ2n) is 5.22. The van der Waals surface area contributed by atoms with Gasteiger partial charge in [0.1, 0.15) is 5.01 Å². The number of aromatic nitrogens is 2. The van der Waals surface area contributed by atoms with Gasteiger partial charge in [-0.1, -0.05) is 23.8 Å². The quantitative estimate of drug-likeness (QED) is 0.518. The Labute approximate surface area is 121 Å². The number of hydrogen-bond donors (Lipinski definition) is 1. The molecule has 4 aromatic rings. The van der Waals surface area contributed by atoms with E-state index in [1.54, 1.807) is 11.3 Å². The number of nitrogens with one attached hydrogen (secondary N) is 1. The van der Waals surface area contributed by atoms with E-state index in [4.69, 9.17) is 4.98 Å². The molecule has 0 unspecified atom stereocenters. The highest BCUT2D eigenvalue weighted by Crippen LogP contribution is 2.33. The molecule has 0 aliphatic carbocycles. The van der Waals surface area contributed by atoms with Crippen LogP contribution in [0.15, 0.2) is 42.5 Å². The number of H-pyrrole nitrogens is 1. The third kappa shape index (κ3) is 1.74. The molecule has 1 N–H and O–H groups in total. The summed E-state index contributed by atoms with van der Waals surface area (Å²) in [6.07, 6.45) is 0. The summed E-state index contributed by atoms with van der Waals surface area (Å²) in [4.78, 5) is 8.22. The first-order chi connectivity index (χ1) is 9.70. The maximum atomic E-state index is 4.75. The molecule has 0 aliphatic rings. The summed E-state index contributed by atoms with van der Waals surface area (Å²) in [5.74, 6) is 0. The van der Waals surface area contributed by atoms with Crippen molar-refractivity contribution in [2.45, 2.75) is 13.8 Å². The van der Waals surface area contributed by atoms with Crippen LogP contribution >= 0.6 is 11.3 Å². The van der Waals surface area contributed by atoms with Gasteiger partial charge in [0.05, 0.1) is 15.9 Å². The van der Waals surface area contributed by atoms with Crippen LogP contribution in [-0.4, -0.2) is 9.97 Å². The molecule has 0 amide bonds. The van der Waals surface area contributed by atoms with E-state index in [-0.39, 0.29) is 0 Å². The molecule has 0 atom stereocenters. The predicted molar refractivity (Wildman–Crippen MR) is 86.4 cm³/mol. The maximum absolute atomic E-state index is 4.75. The fourth-order valence-corrected chi connectivity index (χ4v) is 3.57. The van der Waals surface area contributed by atoms with Gasteiger partial charge in [0, 0.05) is 10.9 Å². The van der Waals surface area contributed by atoms with Crippen LogP contribution in [0.4, 0.5) is 0 Å². The largest absolute Gasteiger partial charge is 0.353 e. The zero-order valence-electron chi connectivity index (χ0n) is 11.4. The Bertz CT molecular complexity index is 931. The van der Waals surface area contributed by atoms with E-state index < -0.39 is 0 Å². The van der Waals surface area contributed by atoms with Crippen LogP contribution in [0.25, 0.3) is 31.8 Å². The minimum atomic E-state index is 1.06. The molecule has 2 heterocycles. The smallest absolute Gasteiger partial charge is 0.140 e. The lowest BCUT2D eigenvalue weighted by atomic mass is 10.2. The van der Waals surface area contributed by atoms with Gasteiger partial charge in [-0.15, -0.1) is 11.3 Å². The summed E-state index contributed by atoms with van der Waals surface area (Å²) >= 11 is 1.75. The summed E-state index contributed by atoms with van der Waals surface area (Å²) < 4.78 is 1.28. The average molecular weight is 278 g/mol. The molecule has 0 bridgehead atoms. The fraction of sp³-hybridized carbons (Fsp3) is 0.118. The van der Waals surface area contributed by atoms with Gasteiger partial charge in [0.2, 0.25) is 0 Å². The summed E-state index contributed by atoms with van der Waals surface area (Å²) in [5, 5.41) is 2.30. The molecule has 0 radical (unpaired) electrons. The molecule has 98 valence electrons. The average Bonchev–Trinajstić information content (AvgIpc) is 3.01. The van der Waals surface area contributed by atoms with Crippen LogP contribution < -0.4 is 0 Å². The molecule has 0 saturated carbocycles. The van der Waals surface area contributed by atoms with Gasteiger partial charge in [-0.25, -0.2) is 4.98 Å². The second-order valence-corrected chi connectivity index (χ2v) is 6.21. The SMILES string of the molecule is Cc1ccc2[nH]c(-c3nc4cccc(C)c4s3)cc2c1. The molecule has 2 nitrogen and oxygen atoms in total. The Balaban J connectivity index is 1.94. The van der Waals surface area contributed by atoms with Gasteiger partial charge in [-0.3, -0.25) is 0 Å². The van der Waals surface area contributed by atoms with Crippen LogP contribution in [0, 0.1) is 13.8 Å². The minimum Gasteiger partial charge on any atom is -0.353 e. The maximum Gasteiger partial charge on any atom is 0.140 e. The minimum absolute atomic E-state index is 1.06. The highest BCUT2D eigenvalue weighted by atomic mass is 32.1. The van der Waals surface area contributed by atoms with E-state index >= 15 is 0 Å². The fourth-order valence-electron chi connectivity index (χ4n) is 2.57. The van der Waals surface area contributed by atoms with Crippen molar-refractivity contribution in [3.8, 4) is 10.7 Å². The predicted octanol–water partition coefficient (Wildman–Crippen LogP) is 5.06. The van der Waals surface area contributed by atoms with Crippen LogP contribution in [-0.2, 0) is 0 Å². The molecule has 2 aromatic heterocycles. The monoisotopic (exact) mass is 278 g/mol. The summed E-state index contributed by atoms with van der Waals surface area (Å²) in [7, 11) is 0. The van der Waals surface area contributed by atoms with Crippen molar-refractivity contribution in [1.29, 1.82) is 0 Å². The summed E-state index contributed by atoms with van der Waals surface area (Å²) in [6, 6.07) is 14.9. The van der Waals surface area contributed by atoms with Crippen molar-refractivity contribution in [3.63, 3.8) is 0 Å². The standard InChI is InChI=1S/C17H14N2S/c1-10-6-7-13-12(8-10)9-15(18-13)17-19-14-5-3-4-11(2)16(14)20-17/h3-9,18H,1-2H3.